The Kier molecular flexibility index (Phi) is 7.64. The molecule has 3 aromatic rings. The number of carbonyl (C=O) groups excluding carboxylic acids is 2. The number of benzene rings is 2. The van der Waals surface area contributed by atoms with Gasteiger partial charge in [-0.15, -0.1) is 0 Å². The summed E-state index contributed by atoms with van der Waals surface area (Å²) in [5.41, 5.74) is -2.06. The smallest absolute Gasteiger partial charge is 0.352 e. The zero-order valence-electron chi connectivity index (χ0n) is 19.5. The van der Waals surface area contributed by atoms with Crippen molar-refractivity contribution in [3.63, 3.8) is 0 Å². The molecule has 1 amide bonds. The number of hydrogen-bond acceptors (Lipinski definition) is 6. The summed E-state index contributed by atoms with van der Waals surface area (Å²) in [7, 11) is 0. The van der Waals surface area contributed by atoms with Crippen LogP contribution in [0.25, 0.3) is 5.69 Å². The maximum atomic E-state index is 14.6. The number of para-hydroxylation sites is 1. The van der Waals surface area contributed by atoms with Crippen molar-refractivity contribution in [2.24, 2.45) is 5.92 Å². The molecule has 1 aromatic heterocycles. The van der Waals surface area contributed by atoms with Gasteiger partial charge in [0.1, 0.15) is 11.5 Å². The van der Waals surface area contributed by atoms with Crippen LogP contribution >= 0.6 is 11.6 Å². The number of likely N-dealkylation sites (tertiary alicyclic amines) is 1. The zero-order valence-corrected chi connectivity index (χ0v) is 20.3. The van der Waals surface area contributed by atoms with Crippen molar-refractivity contribution in [2.45, 2.75) is 26.3 Å². The number of nitrogens with zero attached hydrogens (tertiary/aromatic N) is 4. The topological polar surface area (TPSA) is 104 Å². The van der Waals surface area contributed by atoms with Gasteiger partial charge in [0.25, 0.3) is 11.5 Å². The van der Waals surface area contributed by atoms with E-state index in [0.717, 1.165) is 10.6 Å². The number of halogens is 2. The van der Waals surface area contributed by atoms with Crippen LogP contribution in [0.4, 0.5) is 4.39 Å². The van der Waals surface area contributed by atoms with Crippen molar-refractivity contribution in [1.82, 2.24) is 19.2 Å². The van der Waals surface area contributed by atoms with Crippen molar-refractivity contribution < 1.29 is 18.7 Å². The van der Waals surface area contributed by atoms with Gasteiger partial charge in [-0.05, 0) is 49.6 Å². The van der Waals surface area contributed by atoms with E-state index in [9.17, 15) is 23.6 Å². The van der Waals surface area contributed by atoms with Gasteiger partial charge in [-0.2, -0.15) is 9.78 Å². The van der Waals surface area contributed by atoms with Crippen molar-refractivity contribution in [3.05, 3.63) is 91.5 Å². The summed E-state index contributed by atoms with van der Waals surface area (Å²) < 4.78 is 21.2. The maximum Gasteiger partial charge on any atom is 0.352 e. The Balaban J connectivity index is 1.80. The second-order valence-electron chi connectivity index (χ2n) is 8.36. The van der Waals surface area contributed by atoms with Crippen molar-refractivity contribution >= 4 is 23.5 Å². The molecule has 9 nitrogen and oxygen atoms in total. The van der Waals surface area contributed by atoms with Crippen molar-refractivity contribution in [2.75, 3.05) is 19.7 Å². The van der Waals surface area contributed by atoms with Gasteiger partial charge in [0.2, 0.25) is 5.69 Å². The lowest BCUT2D eigenvalue weighted by Gasteiger charge is -2.31. The number of ether oxygens (including phenoxy) is 1. The molecule has 1 saturated heterocycles. The number of carbonyl (C=O) groups is 2. The molecule has 0 radical (unpaired) electrons. The van der Waals surface area contributed by atoms with E-state index >= 15 is 0 Å². The number of amides is 1. The molecule has 0 saturated carbocycles. The van der Waals surface area contributed by atoms with E-state index in [-0.39, 0.29) is 25.4 Å². The molecule has 36 heavy (non-hydrogen) atoms. The molecule has 0 bridgehead atoms. The summed E-state index contributed by atoms with van der Waals surface area (Å²) in [5, 5.41) is 4.40. The number of aromatic nitrogens is 3. The first-order valence-corrected chi connectivity index (χ1v) is 11.9. The molecule has 0 N–H and O–H groups in total. The predicted octanol–water partition coefficient (Wildman–Crippen LogP) is 2.65. The van der Waals surface area contributed by atoms with E-state index in [1.807, 2.05) is 0 Å². The van der Waals surface area contributed by atoms with Crippen LogP contribution in [0.1, 0.15) is 35.8 Å². The Morgan fingerprint density at radius 3 is 2.67 bits per heavy atom. The predicted molar refractivity (Wildman–Crippen MR) is 130 cm³/mol. The molecule has 1 aliphatic heterocycles. The molecule has 11 heteroatoms. The fourth-order valence-electron chi connectivity index (χ4n) is 4.15. The summed E-state index contributed by atoms with van der Waals surface area (Å²) in [4.78, 5) is 53.7. The molecular formula is C25H24ClFN4O5. The second kappa shape index (κ2) is 10.9. The molecule has 2 heterocycles. The van der Waals surface area contributed by atoms with Gasteiger partial charge < -0.3 is 9.64 Å². The molecule has 1 aliphatic rings. The van der Waals surface area contributed by atoms with Gasteiger partial charge in [0, 0.05) is 18.1 Å². The van der Waals surface area contributed by atoms with Crippen LogP contribution in [0.5, 0.6) is 0 Å². The molecule has 2 aromatic carbocycles. The SMILES string of the molecule is CCOC(=O)C1CCCN(C(=O)c2nn(-c3ccccc3F)c(=O)n(Cc3cccc(Cl)c3)c2=O)C1. The molecular weight excluding hydrogens is 491 g/mol. The van der Waals surface area contributed by atoms with Crippen LogP contribution < -0.4 is 11.2 Å². The van der Waals surface area contributed by atoms with Gasteiger partial charge in [-0.3, -0.25) is 19.0 Å². The van der Waals surface area contributed by atoms with Crippen LogP contribution in [0.15, 0.2) is 58.1 Å². The number of esters is 1. The summed E-state index contributed by atoms with van der Waals surface area (Å²) >= 11 is 6.05. The van der Waals surface area contributed by atoms with E-state index in [1.165, 1.54) is 23.1 Å². The zero-order chi connectivity index (χ0) is 25.8. The Morgan fingerprint density at radius 1 is 1.17 bits per heavy atom. The minimum absolute atomic E-state index is 0.0475. The Hall–Kier alpha value is -3.79. The lowest BCUT2D eigenvalue weighted by molar-refractivity contribution is -0.149. The molecule has 1 atom stereocenters. The third-order valence-corrected chi connectivity index (χ3v) is 6.14. The minimum Gasteiger partial charge on any atom is -0.466 e. The van der Waals surface area contributed by atoms with Gasteiger partial charge in [0.05, 0.1) is 19.1 Å². The minimum atomic E-state index is -0.921. The monoisotopic (exact) mass is 514 g/mol. The van der Waals surface area contributed by atoms with Crippen LogP contribution in [-0.4, -0.2) is 50.8 Å². The van der Waals surface area contributed by atoms with Crippen LogP contribution in [-0.2, 0) is 16.1 Å². The highest BCUT2D eigenvalue weighted by Gasteiger charge is 2.32. The van der Waals surface area contributed by atoms with E-state index in [4.69, 9.17) is 16.3 Å². The van der Waals surface area contributed by atoms with E-state index in [2.05, 4.69) is 5.10 Å². The molecule has 0 aliphatic carbocycles. The molecule has 1 unspecified atom stereocenters. The van der Waals surface area contributed by atoms with Crippen molar-refractivity contribution in [3.8, 4) is 5.69 Å². The Labute approximate surface area is 210 Å². The average Bonchev–Trinajstić information content (AvgIpc) is 2.87. The molecule has 188 valence electrons. The third kappa shape index (κ3) is 5.23. The van der Waals surface area contributed by atoms with Gasteiger partial charge in [-0.1, -0.05) is 35.9 Å². The van der Waals surface area contributed by atoms with Crippen LogP contribution in [0.3, 0.4) is 0 Å². The number of hydrogen-bond donors (Lipinski definition) is 0. The second-order valence-corrected chi connectivity index (χ2v) is 8.79. The first-order chi connectivity index (χ1) is 17.3. The number of rotatable bonds is 6. The van der Waals surface area contributed by atoms with Gasteiger partial charge in [-0.25, -0.2) is 9.18 Å². The summed E-state index contributed by atoms with van der Waals surface area (Å²) in [6, 6.07) is 12.0. The highest BCUT2D eigenvalue weighted by Crippen LogP contribution is 2.19. The number of piperidine rings is 1. The first-order valence-electron chi connectivity index (χ1n) is 11.5. The molecule has 0 spiro atoms. The summed E-state index contributed by atoms with van der Waals surface area (Å²) in [6.45, 7) is 2.05. The van der Waals surface area contributed by atoms with Gasteiger partial charge >= 0.3 is 11.7 Å². The summed E-state index contributed by atoms with van der Waals surface area (Å²) in [5.74, 6) is -2.45. The lowest BCUT2D eigenvalue weighted by Crippen LogP contribution is -2.49. The Morgan fingerprint density at radius 2 is 1.94 bits per heavy atom. The van der Waals surface area contributed by atoms with Crippen LogP contribution in [0.2, 0.25) is 5.02 Å². The van der Waals surface area contributed by atoms with Gasteiger partial charge in [0.15, 0.2) is 0 Å². The largest absolute Gasteiger partial charge is 0.466 e. The van der Waals surface area contributed by atoms with Crippen LogP contribution in [0, 0.1) is 11.7 Å². The standard InChI is InChI=1S/C25H24ClFN4O5/c1-2-36-24(34)17-8-6-12-29(15-17)22(32)21-23(33)30(14-16-7-5-9-18(26)13-16)25(35)31(28-21)20-11-4-3-10-19(20)27/h3-5,7,9-11,13,17H,2,6,8,12,14-15H2,1H3. The highest BCUT2D eigenvalue weighted by molar-refractivity contribution is 6.30. The lowest BCUT2D eigenvalue weighted by atomic mass is 9.98. The summed E-state index contributed by atoms with van der Waals surface area (Å²) in [6.07, 6.45) is 1.07. The molecule has 1 fully saturated rings. The maximum absolute atomic E-state index is 14.6. The van der Waals surface area contributed by atoms with Crippen molar-refractivity contribution in [1.29, 1.82) is 0 Å². The van der Waals surface area contributed by atoms with E-state index < -0.39 is 40.6 Å². The fourth-order valence-corrected chi connectivity index (χ4v) is 4.36. The molecule has 4 rings (SSSR count). The fraction of sp³-hybridized carbons (Fsp3) is 0.320. The van der Waals surface area contributed by atoms with E-state index in [0.29, 0.717) is 34.7 Å². The normalized spacial score (nSPS) is 15.5. The first kappa shape index (κ1) is 25.3. The quantitative estimate of drug-likeness (QED) is 0.468. The average molecular weight is 515 g/mol. The third-order valence-electron chi connectivity index (χ3n) is 5.90. The Bertz CT molecular complexity index is 1420. The van der Waals surface area contributed by atoms with E-state index in [1.54, 1.807) is 31.2 Å². The highest BCUT2D eigenvalue weighted by atomic mass is 35.5.